The van der Waals surface area contributed by atoms with Crippen LogP contribution in [0, 0.1) is 0 Å². The number of nitrogens with one attached hydrogen (secondary N) is 2. The minimum Gasteiger partial charge on any atom is -0.484 e. The zero-order chi connectivity index (χ0) is 17.1. The van der Waals surface area contributed by atoms with Crippen molar-refractivity contribution in [2.45, 2.75) is 62.5 Å². The Hall–Kier alpha value is -1.86. The van der Waals surface area contributed by atoms with Gasteiger partial charge in [-0.2, -0.15) is 0 Å². The van der Waals surface area contributed by atoms with Gasteiger partial charge in [0.2, 0.25) is 0 Å². The van der Waals surface area contributed by atoms with E-state index in [4.69, 9.17) is 14.2 Å². The van der Waals surface area contributed by atoms with Crippen LogP contribution in [-0.2, 0) is 9.47 Å². The summed E-state index contributed by atoms with van der Waals surface area (Å²) in [7, 11) is 0. The van der Waals surface area contributed by atoms with E-state index >= 15 is 0 Å². The summed E-state index contributed by atoms with van der Waals surface area (Å²) in [6.45, 7) is 0.896. The van der Waals surface area contributed by atoms with Crippen molar-refractivity contribution in [3.63, 3.8) is 0 Å². The first kappa shape index (κ1) is 16.6. The molecule has 25 heavy (non-hydrogen) atoms. The number of aromatic nitrogens is 1. The molecule has 3 fully saturated rings. The molecule has 4 rings (SSSR count). The molecule has 1 saturated carbocycles. The van der Waals surface area contributed by atoms with Gasteiger partial charge >= 0.3 is 6.03 Å². The normalized spacial score (nSPS) is 32.2. The molecule has 7 nitrogen and oxygen atoms in total. The second kappa shape index (κ2) is 7.58. The van der Waals surface area contributed by atoms with Crippen LogP contribution >= 0.6 is 0 Å². The number of hydrogen-bond donors (Lipinski definition) is 2. The summed E-state index contributed by atoms with van der Waals surface area (Å²) >= 11 is 0. The fourth-order valence-corrected chi connectivity index (χ4v) is 3.92. The standard InChI is InChI=1S/C18H25N3O4/c22-18(20-12-5-2-1-3-6-12)21-14-10-23-17-15(11-24-16(14)17)25-13-7-4-8-19-9-13/h4,7-9,12,14-17H,1-3,5-6,10-11H2,(H2,20,21,22)/t14-,15-,16+,17+/m0/s1. The predicted octanol–water partition coefficient (Wildman–Crippen LogP) is 1.63. The van der Waals surface area contributed by atoms with E-state index in [0.29, 0.717) is 19.0 Å². The summed E-state index contributed by atoms with van der Waals surface area (Å²) in [6.07, 6.45) is 8.66. The highest BCUT2D eigenvalue weighted by atomic mass is 16.6. The van der Waals surface area contributed by atoms with Gasteiger partial charge < -0.3 is 24.8 Å². The van der Waals surface area contributed by atoms with Gasteiger partial charge in [-0.3, -0.25) is 4.98 Å². The van der Waals surface area contributed by atoms with Crippen molar-refractivity contribution in [3.05, 3.63) is 24.5 Å². The number of nitrogens with zero attached hydrogens (tertiary/aromatic N) is 1. The Labute approximate surface area is 147 Å². The Balaban J connectivity index is 1.28. The Bertz CT molecular complexity index is 579. The average molecular weight is 347 g/mol. The molecular weight excluding hydrogens is 322 g/mol. The van der Waals surface area contributed by atoms with Gasteiger partial charge in [-0.1, -0.05) is 19.3 Å². The van der Waals surface area contributed by atoms with Crippen LogP contribution < -0.4 is 15.4 Å². The second-order valence-corrected chi connectivity index (χ2v) is 7.00. The molecule has 0 aromatic carbocycles. The number of ether oxygens (including phenoxy) is 3. The van der Waals surface area contributed by atoms with E-state index in [1.54, 1.807) is 12.4 Å². The highest BCUT2D eigenvalue weighted by Gasteiger charge is 2.49. The average Bonchev–Trinajstić information content (AvgIpc) is 3.21. The minimum atomic E-state index is -0.178. The van der Waals surface area contributed by atoms with Crippen LogP contribution in [-0.4, -0.2) is 54.6 Å². The third-order valence-corrected chi connectivity index (χ3v) is 5.19. The fourth-order valence-electron chi connectivity index (χ4n) is 3.92. The number of carbonyl (C=O) groups is 1. The van der Waals surface area contributed by atoms with Crippen molar-refractivity contribution in [3.8, 4) is 5.75 Å². The van der Waals surface area contributed by atoms with Crippen LogP contribution in [0.4, 0.5) is 4.79 Å². The molecule has 3 aliphatic rings. The molecule has 2 saturated heterocycles. The van der Waals surface area contributed by atoms with E-state index < -0.39 is 0 Å². The van der Waals surface area contributed by atoms with Crippen LogP contribution in [0.5, 0.6) is 5.75 Å². The highest BCUT2D eigenvalue weighted by Crippen LogP contribution is 2.29. The van der Waals surface area contributed by atoms with Crippen LogP contribution in [0.15, 0.2) is 24.5 Å². The summed E-state index contributed by atoms with van der Waals surface area (Å²) < 4.78 is 17.6. The number of carbonyl (C=O) groups excluding carboxylic acids is 1. The van der Waals surface area contributed by atoms with Crippen molar-refractivity contribution < 1.29 is 19.0 Å². The molecule has 3 heterocycles. The van der Waals surface area contributed by atoms with Crippen molar-refractivity contribution in [2.75, 3.05) is 13.2 Å². The van der Waals surface area contributed by atoms with Crippen molar-refractivity contribution in [1.82, 2.24) is 15.6 Å². The quantitative estimate of drug-likeness (QED) is 0.865. The highest BCUT2D eigenvalue weighted by molar-refractivity contribution is 5.74. The summed E-state index contributed by atoms with van der Waals surface area (Å²) in [5.41, 5.74) is 0. The Morgan fingerprint density at radius 1 is 1.12 bits per heavy atom. The SMILES string of the molecule is O=C(NC1CCCCC1)N[C@H]1CO[C@H]2[C@@H]1OC[C@@H]2Oc1cccnc1. The zero-order valence-electron chi connectivity index (χ0n) is 14.2. The smallest absolute Gasteiger partial charge is 0.315 e. The van der Waals surface area contributed by atoms with Gasteiger partial charge in [0.05, 0.1) is 25.5 Å². The fraction of sp³-hybridized carbons (Fsp3) is 0.667. The maximum absolute atomic E-state index is 12.3. The molecule has 0 radical (unpaired) electrons. The van der Waals surface area contributed by atoms with E-state index in [1.807, 2.05) is 12.1 Å². The van der Waals surface area contributed by atoms with Crippen molar-refractivity contribution >= 4 is 6.03 Å². The lowest BCUT2D eigenvalue weighted by atomic mass is 9.96. The van der Waals surface area contributed by atoms with Crippen LogP contribution in [0.1, 0.15) is 32.1 Å². The topological polar surface area (TPSA) is 81.7 Å². The first-order valence-corrected chi connectivity index (χ1v) is 9.16. The van der Waals surface area contributed by atoms with Crippen molar-refractivity contribution in [1.29, 1.82) is 0 Å². The number of fused-ring (bicyclic) bond motifs is 1. The molecule has 2 amide bonds. The van der Waals surface area contributed by atoms with Gasteiger partial charge in [0.15, 0.2) is 6.10 Å². The third kappa shape index (κ3) is 3.88. The predicted molar refractivity (Wildman–Crippen MR) is 90.5 cm³/mol. The first-order valence-electron chi connectivity index (χ1n) is 9.16. The number of amides is 2. The summed E-state index contributed by atoms with van der Waals surface area (Å²) in [6, 6.07) is 3.72. The first-order chi connectivity index (χ1) is 12.3. The summed E-state index contributed by atoms with van der Waals surface area (Å²) in [4.78, 5) is 16.3. The Kier molecular flexibility index (Phi) is 5.03. The molecular formula is C18H25N3O4. The maximum atomic E-state index is 12.3. The van der Waals surface area contributed by atoms with Gasteiger partial charge in [0, 0.05) is 12.2 Å². The number of urea groups is 1. The van der Waals surface area contributed by atoms with Crippen molar-refractivity contribution in [2.24, 2.45) is 0 Å². The van der Waals surface area contributed by atoms with E-state index in [9.17, 15) is 4.79 Å². The van der Waals surface area contributed by atoms with E-state index in [2.05, 4.69) is 15.6 Å². The lowest BCUT2D eigenvalue weighted by molar-refractivity contribution is 0.0302. The van der Waals surface area contributed by atoms with Crippen LogP contribution in [0.3, 0.4) is 0 Å². The lowest BCUT2D eigenvalue weighted by Gasteiger charge is -2.24. The molecule has 4 atom stereocenters. The van der Waals surface area contributed by atoms with Gasteiger partial charge in [-0.15, -0.1) is 0 Å². The molecule has 0 bridgehead atoms. The molecule has 136 valence electrons. The molecule has 1 aliphatic carbocycles. The largest absolute Gasteiger partial charge is 0.484 e. The molecule has 0 unspecified atom stereocenters. The molecule has 2 N–H and O–H groups in total. The van der Waals surface area contributed by atoms with Gasteiger partial charge in [-0.05, 0) is 25.0 Å². The summed E-state index contributed by atoms with van der Waals surface area (Å²) in [5.74, 6) is 0.701. The molecule has 1 aromatic heterocycles. The Morgan fingerprint density at radius 2 is 1.96 bits per heavy atom. The van der Waals surface area contributed by atoms with Crippen LogP contribution in [0.25, 0.3) is 0 Å². The molecule has 0 spiro atoms. The number of rotatable bonds is 4. The van der Waals surface area contributed by atoms with E-state index in [0.717, 1.165) is 12.8 Å². The lowest BCUT2D eigenvalue weighted by Crippen LogP contribution is -2.51. The summed E-state index contributed by atoms with van der Waals surface area (Å²) in [5, 5.41) is 6.09. The molecule has 2 aliphatic heterocycles. The van der Waals surface area contributed by atoms with Gasteiger partial charge in [0.25, 0.3) is 0 Å². The van der Waals surface area contributed by atoms with Crippen LogP contribution in [0.2, 0.25) is 0 Å². The van der Waals surface area contributed by atoms with E-state index in [-0.39, 0.29) is 36.4 Å². The molecule has 1 aromatic rings. The monoisotopic (exact) mass is 347 g/mol. The zero-order valence-corrected chi connectivity index (χ0v) is 14.2. The number of pyridine rings is 1. The number of hydrogen-bond acceptors (Lipinski definition) is 5. The van der Waals surface area contributed by atoms with Gasteiger partial charge in [0.1, 0.15) is 18.0 Å². The second-order valence-electron chi connectivity index (χ2n) is 7.00. The van der Waals surface area contributed by atoms with E-state index in [1.165, 1.54) is 19.3 Å². The van der Waals surface area contributed by atoms with Gasteiger partial charge in [-0.25, -0.2) is 4.79 Å². The minimum absolute atomic E-state index is 0.124. The molecule has 7 heteroatoms. The maximum Gasteiger partial charge on any atom is 0.315 e. The third-order valence-electron chi connectivity index (χ3n) is 5.19. The Morgan fingerprint density at radius 3 is 2.76 bits per heavy atom.